The van der Waals surface area contributed by atoms with Gasteiger partial charge in [-0.1, -0.05) is 47.9 Å². The Bertz CT molecular complexity index is 2100. The minimum absolute atomic E-state index is 0.0843. The number of rotatable bonds is 14. The summed E-state index contributed by atoms with van der Waals surface area (Å²) in [6.45, 7) is 8.26. The highest BCUT2D eigenvalue weighted by molar-refractivity contribution is 7.86. The Morgan fingerprint density at radius 2 is 1.19 bits per heavy atom. The predicted molar refractivity (Wildman–Crippen MR) is 198 cm³/mol. The summed E-state index contributed by atoms with van der Waals surface area (Å²) in [7, 11) is -8.73. The van der Waals surface area contributed by atoms with E-state index < -0.39 is 67.1 Å². The van der Waals surface area contributed by atoms with Crippen LogP contribution >= 0.6 is 12.6 Å². The van der Waals surface area contributed by atoms with Crippen LogP contribution in [-0.2, 0) is 44.7 Å². The van der Waals surface area contributed by atoms with Crippen LogP contribution in [0.2, 0.25) is 0 Å². The molecule has 0 bridgehead atoms. The average Bonchev–Trinajstić information content (AvgIpc) is 3.06. The monoisotopic (exact) mass is 772 g/mol. The van der Waals surface area contributed by atoms with E-state index in [2.05, 4.69) is 36.3 Å². The van der Waals surface area contributed by atoms with Crippen LogP contribution in [0.3, 0.4) is 0 Å². The van der Waals surface area contributed by atoms with Crippen molar-refractivity contribution in [1.82, 2.24) is 0 Å². The van der Waals surface area contributed by atoms with Crippen LogP contribution in [0, 0.1) is 23.7 Å². The van der Waals surface area contributed by atoms with Crippen LogP contribution in [0.1, 0.15) is 72.8 Å². The first-order chi connectivity index (χ1) is 24.3. The van der Waals surface area contributed by atoms with Gasteiger partial charge in [-0.2, -0.15) is 29.5 Å². The lowest BCUT2D eigenvalue weighted by Crippen LogP contribution is -2.28. The van der Waals surface area contributed by atoms with Crippen LogP contribution in [0.15, 0.2) is 60.7 Å². The summed E-state index contributed by atoms with van der Waals surface area (Å²) >= 11 is 4.47. The van der Waals surface area contributed by atoms with E-state index in [1.165, 1.54) is 12.1 Å². The Morgan fingerprint density at radius 3 is 1.67 bits per heavy atom. The average molecular weight is 773 g/mol. The second kappa shape index (κ2) is 17.8. The summed E-state index contributed by atoms with van der Waals surface area (Å²) in [5, 5.41) is 0. The van der Waals surface area contributed by atoms with Crippen molar-refractivity contribution in [3.63, 3.8) is 0 Å². The molecular weight excluding hydrogens is 733 g/mol. The second-order valence-corrected chi connectivity index (χ2v) is 15.9. The van der Waals surface area contributed by atoms with Gasteiger partial charge in [-0.3, -0.25) is 13.9 Å². The molecule has 3 rings (SSSR count). The SMILES string of the molecule is CCOC(=O)c1ccc(C(C)(C)C#Cc2cc(OCCS(=O)(=O)O)c(C#Cc3ccc(C(C)(S)C(=O)OCC)cc3)cc2OCCS(=O)(=O)O)cc1. The molecule has 0 aliphatic carbocycles. The molecule has 0 heterocycles. The lowest BCUT2D eigenvalue weighted by Gasteiger charge is -2.21. The molecule has 15 heteroatoms. The van der Waals surface area contributed by atoms with Crippen LogP contribution in [-0.4, -0.2) is 75.8 Å². The van der Waals surface area contributed by atoms with Crippen molar-refractivity contribution in [3.8, 4) is 35.2 Å². The van der Waals surface area contributed by atoms with Gasteiger partial charge in [0, 0.05) is 17.7 Å². The Hall–Kier alpha value is -4.51. The van der Waals surface area contributed by atoms with Gasteiger partial charge in [-0.05, 0) is 70.0 Å². The molecule has 1 unspecified atom stereocenters. The van der Waals surface area contributed by atoms with E-state index in [1.807, 2.05) is 13.8 Å². The van der Waals surface area contributed by atoms with Gasteiger partial charge in [-0.15, -0.1) is 0 Å². The van der Waals surface area contributed by atoms with E-state index in [9.17, 15) is 35.5 Å². The maximum Gasteiger partial charge on any atom is 0.338 e. The van der Waals surface area contributed by atoms with Gasteiger partial charge in [0.1, 0.15) is 41.0 Å². The van der Waals surface area contributed by atoms with Gasteiger partial charge in [0.25, 0.3) is 20.2 Å². The van der Waals surface area contributed by atoms with Crippen LogP contribution in [0.4, 0.5) is 0 Å². The lowest BCUT2D eigenvalue weighted by atomic mass is 9.84. The van der Waals surface area contributed by atoms with E-state index in [4.69, 9.17) is 18.9 Å². The standard InChI is InChI=1S/C37H40O12S3/c1-6-46-34(38)27-12-16-30(17-13-27)36(3,4)19-18-29-25-32(48-20-22-51(40,41)42)28(24-33(29)49-21-23-52(43,44)45)11-8-26-9-14-31(15-10-26)37(5,50)35(39)47-7-2/h9-10,12-17,24-25,50H,6-7,20-23H2,1-5H3,(H,40,41,42)(H,43,44,45). The zero-order valence-corrected chi connectivity index (χ0v) is 31.8. The van der Waals surface area contributed by atoms with Crippen LogP contribution in [0.5, 0.6) is 11.5 Å². The number of hydrogen-bond donors (Lipinski definition) is 3. The molecule has 0 aromatic heterocycles. The van der Waals surface area contributed by atoms with Gasteiger partial charge >= 0.3 is 11.9 Å². The predicted octanol–water partition coefficient (Wildman–Crippen LogP) is 4.83. The molecule has 3 aromatic rings. The first-order valence-corrected chi connectivity index (χ1v) is 19.6. The number of carbonyl (C=O) groups is 2. The lowest BCUT2D eigenvalue weighted by molar-refractivity contribution is -0.145. The van der Waals surface area contributed by atoms with Crippen molar-refractivity contribution in [2.24, 2.45) is 0 Å². The van der Waals surface area contributed by atoms with Crippen molar-refractivity contribution in [2.75, 3.05) is 37.9 Å². The number of carbonyl (C=O) groups excluding carboxylic acids is 2. The van der Waals surface area contributed by atoms with Gasteiger partial charge in [-0.25, -0.2) is 4.79 Å². The summed E-state index contributed by atoms with van der Waals surface area (Å²) in [5.74, 6) is 9.86. The topological polar surface area (TPSA) is 180 Å². The zero-order chi connectivity index (χ0) is 38.7. The highest BCUT2D eigenvalue weighted by atomic mass is 32.2. The summed E-state index contributed by atoms with van der Waals surface area (Å²) in [6.07, 6.45) is 0. The molecule has 0 aliphatic heterocycles. The Kier molecular flexibility index (Phi) is 14.4. The highest BCUT2D eigenvalue weighted by Crippen LogP contribution is 2.31. The quantitative estimate of drug-likeness (QED) is 0.0881. The molecular formula is C37H40O12S3. The Labute approximate surface area is 310 Å². The first kappa shape index (κ1) is 41.9. The molecule has 0 saturated carbocycles. The zero-order valence-electron chi connectivity index (χ0n) is 29.3. The third kappa shape index (κ3) is 12.6. The Balaban J connectivity index is 2.09. The van der Waals surface area contributed by atoms with Crippen molar-refractivity contribution in [1.29, 1.82) is 0 Å². The molecule has 12 nitrogen and oxygen atoms in total. The molecule has 0 saturated heterocycles. The fourth-order valence-electron chi connectivity index (χ4n) is 4.45. The highest BCUT2D eigenvalue weighted by Gasteiger charge is 2.32. The van der Waals surface area contributed by atoms with Crippen LogP contribution in [0.25, 0.3) is 0 Å². The van der Waals surface area contributed by atoms with E-state index >= 15 is 0 Å². The minimum Gasteiger partial charge on any atom is -0.491 e. The number of thiol groups is 1. The van der Waals surface area contributed by atoms with E-state index in [0.29, 0.717) is 16.7 Å². The maximum atomic E-state index is 12.4. The fourth-order valence-corrected chi connectivity index (χ4v) is 5.25. The first-order valence-electron chi connectivity index (χ1n) is 15.9. The van der Waals surface area contributed by atoms with Gasteiger partial charge in [0.15, 0.2) is 0 Å². The largest absolute Gasteiger partial charge is 0.491 e. The molecule has 52 heavy (non-hydrogen) atoms. The summed E-state index contributed by atoms with van der Waals surface area (Å²) < 4.78 is 84.7. The maximum absolute atomic E-state index is 12.4. The Morgan fingerprint density at radius 1 is 0.712 bits per heavy atom. The van der Waals surface area contributed by atoms with Crippen molar-refractivity contribution < 1.29 is 54.5 Å². The molecule has 2 N–H and O–H groups in total. The minimum atomic E-state index is -4.37. The van der Waals surface area contributed by atoms with Crippen molar-refractivity contribution in [2.45, 2.75) is 44.8 Å². The molecule has 0 fully saturated rings. The van der Waals surface area contributed by atoms with Crippen LogP contribution < -0.4 is 9.47 Å². The third-order valence-corrected chi connectivity index (χ3v) is 9.17. The third-order valence-electron chi connectivity index (χ3n) is 7.37. The molecule has 0 spiro atoms. The second-order valence-electron chi connectivity index (χ2n) is 11.9. The van der Waals surface area contributed by atoms with Crippen molar-refractivity contribution >= 4 is 44.8 Å². The molecule has 3 aromatic carbocycles. The summed E-state index contributed by atoms with van der Waals surface area (Å²) in [5.41, 5.74) is 1.87. The normalized spacial score (nSPS) is 12.6. The fraction of sp³-hybridized carbons (Fsp3) is 0.351. The van der Waals surface area contributed by atoms with Gasteiger partial charge in [0.2, 0.25) is 0 Å². The van der Waals surface area contributed by atoms with Crippen molar-refractivity contribution in [3.05, 3.63) is 94.0 Å². The van der Waals surface area contributed by atoms with Gasteiger partial charge in [0.05, 0.1) is 35.3 Å². The van der Waals surface area contributed by atoms with E-state index in [0.717, 1.165) is 5.56 Å². The smallest absolute Gasteiger partial charge is 0.338 e. The number of hydrogen-bond acceptors (Lipinski definition) is 11. The molecule has 0 amide bonds. The van der Waals surface area contributed by atoms with E-state index in [-0.39, 0.29) is 35.8 Å². The number of esters is 2. The van der Waals surface area contributed by atoms with E-state index in [1.54, 1.807) is 69.3 Å². The molecule has 0 radical (unpaired) electrons. The van der Waals surface area contributed by atoms with Gasteiger partial charge < -0.3 is 18.9 Å². The molecule has 1 atom stereocenters. The molecule has 0 aliphatic rings. The summed E-state index contributed by atoms with van der Waals surface area (Å²) in [4.78, 5) is 24.5. The number of benzene rings is 3. The number of ether oxygens (including phenoxy) is 4. The summed E-state index contributed by atoms with van der Waals surface area (Å²) in [6, 6.07) is 16.3. The molecule has 278 valence electrons.